The number of ether oxygens (including phenoxy) is 1. The molecular weight excluding hydrogens is 152 g/mol. The molecule has 0 aliphatic rings. The molecule has 0 amide bonds. The predicted octanol–water partition coefficient (Wildman–Crippen LogP) is 2.79. The number of unbranched alkanes of at least 4 members (excludes halogenated alkanes) is 2. The molecule has 0 N–H and O–H groups in total. The molecule has 0 rings (SSSR count). The van der Waals surface area contributed by atoms with E-state index in [-0.39, 0.29) is 0 Å². The molecule has 1 unspecified atom stereocenters. The molecule has 0 saturated carbocycles. The van der Waals surface area contributed by atoms with Gasteiger partial charge < -0.3 is 4.74 Å². The lowest BCUT2D eigenvalue weighted by molar-refractivity contribution is 0.0872. The van der Waals surface area contributed by atoms with Crippen LogP contribution < -0.4 is 0 Å². The molecular formula is C10H21O2. The minimum Gasteiger partial charge on any atom is -0.381 e. The molecule has 1 radical (unpaired) electrons. The molecule has 12 heavy (non-hydrogen) atoms. The maximum Gasteiger partial charge on any atom is 0.0902 e. The molecule has 73 valence electrons. The van der Waals surface area contributed by atoms with Crippen LogP contribution in [0.5, 0.6) is 0 Å². The van der Waals surface area contributed by atoms with Crippen molar-refractivity contribution in [3.63, 3.8) is 0 Å². The van der Waals surface area contributed by atoms with Gasteiger partial charge in [0.05, 0.1) is 6.10 Å². The van der Waals surface area contributed by atoms with E-state index in [2.05, 4.69) is 6.92 Å². The average Bonchev–Trinajstić information content (AvgIpc) is 2.02. The highest BCUT2D eigenvalue weighted by molar-refractivity contribution is 4.47. The monoisotopic (exact) mass is 173 g/mol. The third-order valence-electron chi connectivity index (χ3n) is 1.79. The quantitative estimate of drug-likeness (QED) is 0.519. The second-order valence-corrected chi connectivity index (χ2v) is 3.27. The number of rotatable bonds is 8. The van der Waals surface area contributed by atoms with E-state index in [0.717, 1.165) is 38.9 Å². The zero-order chi connectivity index (χ0) is 9.23. The van der Waals surface area contributed by atoms with Crippen molar-refractivity contribution >= 4 is 0 Å². The van der Waals surface area contributed by atoms with Gasteiger partial charge in [0.1, 0.15) is 0 Å². The lowest BCUT2D eigenvalue weighted by atomic mass is 10.2. The van der Waals surface area contributed by atoms with Crippen molar-refractivity contribution in [3.05, 3.63) is 0 Å². The topological polar surface area (TPSA) is 29.1 Å². The Morgan fingerprint density at radius 1 is 1.17 bits per heavy atom. The summed E-state index contributed by atoms with van der Waals surface area (Å²) < 4.78 is 5.35. The van der Waals surface area contributed by atoms with E-state index in [0.29, 0.717) is 0 Å². The van der Waals surface area contributed by atoms with Gasteiger partial charge in [0.15, 0.2) is 0 Å². The molecule has 0 aromatic carbocycles. The van der Waals surface area contributed by atoms with Gasteiger partial charge in [-0.3, -0.25) is 0 Å². The van der Waals surface area contributed by atoms with Gasteiger partial charge in [0.25, 0.3) is 0 Å². The van der Waals surface area contributed by atoms with Gasteiger partial charge in [0, 0.05) is 13.2 Å². The Morgan fingerprint density at radius 3 is 2.42 bits per heavy atom. The summed E-state index contributed by atoms with van der Waals surface area (Å²) in [7, 11) is 0. The second-order valence-electron chi connectivity index (χ2n) is 3.27. The normalized spacial score (nSPS) is 13.2. The highest BCUT2D eigenvalue weighted by atomic mass is 16.5. The summed E-state index contributed by atoms with van der Waals surface area (Å²) in [6.07, 6.45) is 4.78. The van der Waals surface area contributed by atoms with Crippen molar-refractivity contribution in [1.29, 1.82) is 0 Å². The lowest BCUT2D eigenvalue weighted by Gasteiger charge is -2.03. The zero-order valence-corrected chi connectivity index (χ0v) is 8.34. The van der Waals surface area contributed by atoms with E-state index >= 15 is 0 Å². The molecule has 0 bridgehead atoms. The van der Waals surface area contributed by atoms with Crippen molar-refractivity contribution in [1.82, 2.24) is 0 Å². The lowest BCUT2D eigenvalue weighted by Crippen LogP contribution is -2.00. The summed E-state index contributed by atoms with van der Waals surface area (Å²) in [5, 5.41) is 10.6. The fraction of sp³-hybridized carbons (Fsp3) is 1.00. The van der Waals surface area contributed by atoms with Gasteiger partial charge in [-0.25, -0.2) is 5.11 Å². The van der Waals surface area contributed by atoms with Crippen LogP contribution in [0.3, 0.4) is 0 Å². The van der Waals surface area contributed by atoms with Crippen molar-refractivity contribution < 1.29 is 9.84 Å². The first-order chi connectivity index (χ1) is 5.77. The summed E-state index contributed by atoms with van der Waals surface area (Å²) in [6, 6.07) is 0. The Kier molecular flexibility index (Phi) is 8.95. The molecule has 0 aromatic heterocycles. The molecule has 2 nitrogen and oxygen atoms in total. The molecule has 0 aliphatic carbocycles. The highest BCUT2D eigenvalue weighted by Crippen LogP contribution is 2.00. The zero-order valence-electron chi connectivity index (χ0n) is 8.34. The first-order valence-corrected chi connectivity index (χ1v) is 5.01. The van der Waals surface area contributed by atoms with Gasteiger partial charge >= 0.3 is 0 Å². The fourth-order valence-electron chi connectivity index (χ4n) is 0.984. The summed E-state index contributed by atoms with van der Waals surface area (Å²) in [5.74, 6) is 0. The minimum absolute atomic E-state index is 0.402. The van der Waals surface area contributed by atoms with Crippen LogP contribution in [-0.4, -0.2) is 19.3 Å². The van der Waals surface area contributed by atoms with Crippen molar-refractivity contribution in [2.45, 2.75) is 52.1 Å². The summed E-state index contributed by atoms with van der Waals surface area (Å²) in [4.78, 5) is 0. The van der Waals surface area contributed by atoms with Gasteiger partial charge in [-0.05, 0) is 32.6 Å². The van der Waals surface area contributed by atoms with E-state index in [1.165, 1.54) is 6.42 Å². The Balaban J connectivity index is 2.82. The van der Waals surface area contributed by atoms with Crippen molar-refractivity contribution in [3.8, 4) is 0 Å². The first-order valence-electron chi connectivity index (χ1n) is 5.01. The minimum atomic E-state index is -0.402. The maximum atomic E-state index is 10.6. The van der Waals surface area contributed by atoms with Crippen LogP contribution in [0.1, 0.15) is 46.0 Å². The third-order valence-corrected chi connectivity index (χ3v) is 1.79. The van der Waals surface area contributed by atoms with Crippen LogP contribution in [0.2, 0.25) is 0 Å². The van der Waals surface area contributed by atoms with Crippen LogP contribution in [-0.2, 0) is 9.84 Å². The number of hydrogen-bond acceptors (Lipinski definition) is 1. The van der Waals surface area contributed by atoms with Gasteiger partial charge in [-0.15, -0.1) is 0 Å². The van der Waals surface area contributed by atoms with Crippen LogP contribution in [0.15, 0.2) is 0 Å². The standard InChI is InChI=1S/C10H21O2/c1-3-4-8-12-9-6-5-7-10(2)11/h10H,3-9H2,1-2H3. The summed E-state index contributed by atoms with van der Waals surface area (Å²) in [6.45, 7) is 5.58. The summed E-state index contributed by atoms with van der Waals surface area (Å²) in [5.41, 5.74) is 0. The first kappa shape index (κ1) is 11.9. The Bertz CT molecular complexity index is 81.9. The predicted molar refractivity (Wildman–Crippen MR) is 49.7 cm³/mol. The van der Waals surface area contributed by atoms with E-state index in [1.807, 2.05) is 0 Å². The van der Waals surface area contributed by atoms with Gasteiger partial charge in [-0.1, -0.05) is 13.3 Å². The van der Waals surface area contributed by atoms with Crippen LogP contribution in [0, 0.1) is 0 Å². The van der Waals surface area contributed by atoms with E-state index in [9.17, 15) is 5.11 Å². The van der Waals surface area contributed by atoms with E-state index in [1.54, 1.807) is 6.92 Å². The molecule has 1 atom stereocenters. The Labute approximate surface area is 75.9 Å². The average molecular weight is 173 g/mol. The molecule has 0 fully saturated rings. The third kappa shape index (κ3) is 9.92. The van der Waals surface area contributed by atoms with Gasteiger partial charge in [-0.2, -0.15) is 0 Å². The molecule has 0 heterocycles. The largest absolute Gasteiger partial charge is 0.381 e. The van der Waals surface area contributed by atoms with Gasteiger partial charge in [0.2, 0.25) is 0 Å². The SMILES string of the molecule is CCCCOCCCCC(C)[O]. The molecule has 0 spiro atoms. The fourth-order valence-corrected chi connectivity index (χ4v) is 0.984. The number of hydrogen-bond donors (Lipinski definition) is 0. The molecule has 0 aromatic rings. The van der Waals surface area contributed by atoms with Crippen molar-refractivity contribution in [2.75, 3.05) is 13.2 Å². The smallest absolute Gasteiger partial charge is 0.0902 e. The van der Waals surface area contributed by atoms with Crippen LogP contribution in [0.25, 0.3) is 0 Å². The van der Waals surface area contributed by atoms with Crippen molar-refractivity contribution in [2.24, 2.45) is 0 Å². The molecule has 0 saturated heterocycles. The highest BCUT2D eigenvalue weighted by Gasteiger charge is 1.96. The second kappa shape index (κ2) is 9.01. The summed E-state index contributed by atoms with van der Waals surface area (Å²) >= 11 is 0. The van der Waals surface area contributed by atoms with E-state index in [4.69, 9.17) is 4.74 Å². The van der Waals surface area contributed by atoms with Crippen LogP contribution in [0.4, 0.5) is 0 Å². The Hall–Kier alpha value is -0.0800. The van der Waals surface area contributed by atoms with E-state index < -0.39 is 6.10 Å². The molecule has 0 aliphatic heterocycles. The molecule has 2 heteroatoms. The Morgan fingerprint density at radius 2 is 1.83 bits per heavy atom. The van der Waals surface area contributed by atoms with Crippen LogP contribution >= 0.6 is 0 Å². The maximum absolute atomic E-state index is 10.6.